The Hall–Kier alpha value is -2.13. The quantitative estimate of drug-likeness (QED) is 0.698. The number of rotatable bonds is 5. The molecule has 0 spiro atoms. The molecule has 3 heteroatoms. The molecule has 2 aromatic rings. The molecule has 0 radical (unpaired) electrons. The predicted molar refractivity (Wildman–Crippen MR) is 109 cm³/mol. The predicted octanol–water partition coefficient (Wildman–Crippen LogP) is 5.46. The lowest BCUT2D eigenvalue weighted by Crippen LogP contribution is -2.24. The second kappa shape index (κ2) is 7.85. The van der Waals surface area contributed by atoms with Gasteiger partial charge in [-0.3, -0.25) is 4.90 Å². The topological polar surface area (TPSA) is 12.5 Å². The van der Waals surface area contributed by atoms with Gasteiger partial charge in [0, 0.05) is 6.54 Å². The Balaban J connectivity index is 1.79. The second-order valence-electron chi connectivity index (χ2n) is 7.95. The summed E-state index contributed by atoms with van der Waals surface area (Å²) in [6.45, 7) is 7.48. The summed E-state index contributed by atoms with van der Waals surface area (Å²) < 4.78 is 19.5. The van der Waals surface area contributed by atoms with Crippen molar-refractivity contribution >= 4 is 5.57 Å². The number of aryl methyl sites for hydroxylation is 1. The third-order valence-corrected chi connectivity index (χ3v) is 5.52. The minimum atomic E-state index is -0.187. The highest BCUT2D eigenvalue weighted by molar-refractivity contribution is 5.85. The Morgan fingerprint density at radius 2 is 1.74 bits per heavy atom. The Morgan fingerprint density at radius 3 is 2.44 bits per heavy atom. The Morgan fingerprint density at radius 1 is 1.00 bits per heavy atom. The first-order valence-corrected chi connectivity index (χ1v) is 10.1. The lowest BCUT2D eigenvalue weighted by Gasteiger charge is -2.28. The highest BCUT2D eigenvalue weighted by atomic mass is 19.1. The average Bonchev–Trinajstić information content (AvgIpc) is 3.15. The molecule has 0 amide bonds. The zero-order chi connectivity index (χ0) is 18.8. The molecule has 1 saturated heterocycles. The van der Waals surface area contributed by atoms with Crippen LogP contribution in [0.25, 0.3) is 5.57 Å². The summed E-state index contributed by atoms with van der Waals surface area (Å²) in [5.74, 6) is 0.721. The van der Waals surface area contributed by atoms with E-state index in [2.05, 4.69) is 36.9 Å². The van der Waals surface area contributed by atoms with Gasteiger partial charge in [-0.05, 0) is 105 Å². The summed E-state index contributed by atoms with van der Waals surface area (Å²) in [6, 6.07) is 13.4. The maximum atomic E-state index is 13.5. The number of nitrogens with zero attached hydrogens (tertiary/aromatic N) is 1. The summed E-state index contributed by atoms with van der Waals surface area (Å²) in [7, 11) is 0. The molecule has 2 aromatic carbocycles. The molecule has 142 valence electrons. The number of fused-ring (bicyclic) bond motifs is 1. The molecule has 1 aliphatic carbocycles. The number of halogens is 1. The monoisotopic (exact) mass is 365 g/mol. The van der Waals surface area contributed by atoms with E-state index in [-0.39, 0.29) is 11.9 Å². The third-order valence-electron chi connectivity index (χ3n) is 5.52. The SMILES string of the molecule is CC(C)Oc1ccc2c(c1)C(c1ccc(F)cc1)=C(CN1CCCC1)CC2. The van der Waals surface area contributed by atoms with Crippen LogP contribution in [-0.4, -0.2) is 30.6 Å². The van der Waals surface area contributed by atoms with Crippen molar-refractivity contribution in [3.8, 4) is 5.75 Å². The first kappa shape index (κ1) is 18.2. The summed E-state index contributed by atoms with van der Waals surface area (Å²) in [5.41, 5.74) is 6.46. The molecule has 1 heterocycles. The molecular weight excluding hydrogens is 337 g/mol. The molecular formula is C24H28FNO. The lowest BCUT2D eigenvalue weighted by molar-refractivity contribution is 0.242. The van der Waals surface area contributed by atoms with E-state index in [1.54, 1.807) is 12.1 Å². The van der Waals surface area contributed by atoms with E-state index in [1.807, 2.05) is 12.1 Å². The fourth-order valence-corrected chi connectivity index (χ4v) is 4.30. The normalized spacial score (nSPS) is 17.5. The van der Waals surface area contributed by atoms with Crippen LogP contribution in [0, 0.1) is 5.82 Å². The van der Waals surface area contributed by atoms with Crippen molar-refractivity contribution in [3.05, 3.63) is 70.5 Å². The Kier molecular flexibility index (Phi) is 5.31. The molecule has 0 unspecified atom stereocenters. The van der Waals surface area contributed by atoms with Crippen molar-refractivity contribution < 1.29 is 9.13 Å². The van der Waals surface area contributed by atoms with Crippen LogP contribution in [0.3, 0.4) is 0 Å². The van der Waals surface area contributed by atoms with Crippen molar-refractivity contribution in [1.82, 2.24) is 4.90 Å². The Labute approximate surface area is 161 Å². The largest absolute Gasteiger partial charge is 0.491 e. The first-order chi connectivity index (χ1) is 13.1. The second-order valence-corrected chi connectivity index (χ2v) is 7.95. The zero-order valence-electron chi connectivity index (χ0n) is 16.3. The van der Waals surface area contributed by atoms with Gasteiger partial charge in [-0.1, -0.05) is 18.2 Å². The number of hydrogen-bond acceptors (Lipinski definition) is 2. The van der Waals surface area contributed by atoms with E-state index < -0.39 is 0 Å². The van der Waals surface area contributed by atoms with Gasteiger partial charge in [0.05, 0.1) is 6.10 Å². The molecule has 27 heavy (non-hydrogen) atoms. The van der Waals surface area contributed by atoms with E-state index in [0.29, 0.717) is 0 Å². The molecule has 0 bridgehead atoms. The highest BCUT2D eigenvalue weighted by Gasteiger charge is 2.23. The molecule has 4 rings (SSSR count). The van der Waals surface area contributed by atoms with Crippen LogP contribution in [0.4, 0.5) is 4.39 Å². The molecule has 0 aromatic heterocycles. The number of benzene rings is 2. The van der Waals surface area contributed by atoms with Crippen LogP contribution >= 0.6 is 0 Å². The lowest BCUT2D eigenvalue weighted by atomic mass is 9.82. The fraction of sp³-hybridized carbons (Fsp3) is 0.417. The van der Waals surface area contributed by atoms with Gasteiger partial charge in [0.1, 0.15) is 11.6 Å². The summed E-state index contributed by atoms with van der Waals surface area (Å²) in [4.78, 5) is 2.55. The van der Waals surface area contributed by atoms with Gasteiger partial charge in [-0.25, -0.2) is 4.39 Å². The molecule has 2 aliphatic rings. The van der Waals surface area contributed by atoms with Crippen molar-refractivity contribution in [2.24, 2.45) is 0 Å². The van der Waals surface area contributed by atoms with Gasteiger partial charge >= 0.3 is 0 Å². The Bertz CT molecular complexity index is 832. The van der Waals surface area contributed by atoms with Gasteiger partial charge < -0.3 is 4.74 Å². The van der Waals surface area contributed by atoms with Crippen molar-refractivity contribution in [1.29, 1.82) is 0 Å². The minimum Gasteiger partial charge on any atom is -0.491 e. The fourth-order valence-electron chi connectivity index (χ4n) is 4.30. The molecule has 0 saturated carbocycles. The van der Waals surface area contributed by atoms with E-state index in [9.17, 15) is 4.39 Å². The molecule has 2 nitrogen and oxygen atoms in total. The maximum Gasteiger partial charge on any atom is 0.123 e. The number of likely N-dealkylation sites (tertiary alicyclic amines) is 1. The van der Waals surface area contributed by atoms with Crippen molar-refractivity contribution in [2.75, 3.05) is 19.6 Å². The number of ether oxygens (including phenoxy) is 1. The first-order valence-electron chi connectivity index (χ1n) is 10.1. The maximum absolute atomic E-state index is 13.5. The van der Waals surface area contributed by atoms with E-state index in [1.165, 1.54) is 48.2 Å². The number of hydrogen-bond donors (Lipinski definition) is 0. The van der Waals surface area contributed by atoms with Crippen LogP contribution in [-0.2, 0) is 6.42 Å². The third kappa shape index (κ3) is 4.08. The summed E-state index contributed by atoms with van der Waals surface area (Å²) >= 11 is 0. The van der Waals surface area contributed by atoms with Crippen LogP contribution in [0.2, 0.25) is 0 Å². The standard InChI is InChI=1S/C24H28FNO/c1-17(2)27-22-12-9-18-5-6-20(16-26-13-3-4-14-26)24(23(18)15-22)19-7-10-21(25)11-8-19/h7-12,15,17H,3-6,13-14,16H2,1-2H3. The van der Waals surface area contributed by atoms with Gasteiger partial charge in [-0.2, -0.15) is 0 Å². The summed E-state index contributed by atoms with van der Waals surface area (Å²) in [6.07, 6.45) is 4.87. The van der Waals surface area contributed by atoms with E-state index >= 15 is 0 Å². The molecule has 1 fully saturated rings. The van der Waals surface area contributed by atoms with Crippen LogP contribution in [0.1, 0.15) is 49.8 Å². The van der Waals surface area contributed by atoms with E-state index in [4.69, 9.17) is 4.74 Å². The zero-order valence-corrected chi connectivity index (χ0v) is 16.3. The molecule has 1 aliphatic heterocycles. The summed E-state index contributed by atoms with van der Waals surface area (Å²) in [5, 5.41) is 0. The van der Waals surface area contributed by atoms with Gasteiger partial charge in [0.15, 0.2) is 0 Å². The minimum absolute atomic E-state index is 0.147. The van der Waals surface area contributed by atoms with Gasteiger partial charge in [-0.15, -0.1) is 0 Å². The van der Waals surface area contributed by atoms with E-state index in [0.717, 1.165) is 30.7 Å². The van der Waals surface area contributed by atoms with Crippen LogP contribution < -0.4 is 4.74 Å². The van der Waals surface area contributed by atoms with Gasteiger partial charge in [0.25, 0.3) is 0 Å². The van der Waals surface area contributed by atoms with Crippen LogP contribution in [0.5, 0.6) is 5.75 Å². The van der Waals surface area contributed by atoms with Crippen LogP contribution in [0.15, 0.2) is 48.0 Å². The average molecular weight is 365 g/mol. The van der Waals surface area contributed by atoms with Crippen molar-refractivity contribution in [3.63, 3.8) is 0 Å². The molecule has 0 atom stereocenters. The smallest absolute Gasteiger partial charge is 0.123 e. The van der Waals surface area contributed by atoms with Crippen molar-refractivity contribution in [2.45, 2.75) is 45.6 Å². The highest BCUT2D eigenvalue weighted by Crippen LogP contribution is 2.38. The molecule has 0 N–H and O–H groups in total. The van der Waals surface area contributed by atoms with Gasteiger partial charge in [0.2, 0.25) is 0 Å².